The lowest BCUT2D eigenvalue weighted by Crippen LogP contribution is -2.21. The van der Waals surface area contributed by atoms with Crippen LogP contribution in [0, 0.1) is 5.41 Å². The molecule has 0 saturated carbocycles. The van der Waals surface area contributed by atoms with E-state index < -0.39 is 5.85 Å². The minimum atomic E-state index is -1.71. The number of hydrogen-bond donors (Lipinski definition) is 1. The summed E-state index contributed by atoms with van der Waals surface area (Å²) in [6.45, 7) is 7.94. The predicted octanol–water partition coefficient (Wildman–Crippen LogP) is 4.77. The summed E-state index contributed by atoms with van der Waals surface area (Å²) in [5, 5.41) is 7.27. The first-order valence-electron chi connectivity index (χ1n) is 9.07. The zero-order valence-corrected chi connectivity index (χ0v) is 16.1. The van der Waals surface area contributed by atoms with Crippen LogP contribution in [0.3, 0.4) is 0 Å². The summed E-state index contributed by atoms with van der Waals surface area (Å²) in [5.74, 6) is -0.609. The highest BCUT2D eigenvalue weighted by molar-refractivity contribution is 5.99. The van der Waals surface area contributed by atoms with Crippen LogP contribution in [0.5, 0.6) is 5.75 Å². The number of rotatable bonds is 8. The SMILES string of the molecule is C=CN(C=N)CCOC1=NCc2ccc(-c3ccc(OC(C)(C)F)cc3)cc21. The number of aliphatic imine (C=N–C) groups is 1. The van der Waals surface area contributed by atoms with E-state index in [0.717, 1.165) is 22.3 Å². The van der Waals surface area contributed by atoms with Gasteiger partial charge in [0.25, 0.3) is 0 Å². The van der Waals surface area contributed by atoms with E-state index in [4.69, 9.17) is 14.9 Å². The lowest BCUT2D eigenvalue weighted by Gasteiger charge is -2.17. The summed E-state index contributed by atoms with van der Waals surface area (Å²) in [4.78, 5) is 6.11. The highest BCUT2D eigenvalue weighted by Gasteiger charge is 2.19. The molecule has 3 rings (SSSR count). The third-order valence-corrected chi connectivity index (χ3v) is 4.27. The average molecular weight is 381 g/mol. The fourth-order valence-electron chi connectivity index (χ4n) is 2.91. The van der Waals surface area contributed by atoms with Crippen molar-refractivity contribution in [2.75, 3.05) is 13.2 Å². The van der Waals surface area contributed by atoms with Crippen molar-refractivity contribution in [3.8, 4) is 16.9 Å². The molecule has 1 aliphatic rings. The van der Waals surface area contributed by atoms with E-state index in [1.807, 2.05) is 24.3 Å². The second-order valence-electron chi connectivity index (χ2n) is 6.88. The maximum atomic E-state index is 13.6. The van der Waals surface area contributed by atoms with E-state index >= 15 is 0 Å². The van der Waals surface area contributed by atoms with Crippen molar-refractivity contribution in [3.05, 3.63) is 66.4 Å². The summed E-state index contributed by atoms with van der Waals surface area (Å²) >= 11 is 0. The zero-order valence-electron chi connectivity index (χ0n) is 16.1. The van der Waals surface area contributed by atoms with Crippen LogP contribution in [0.25, 0.3) is 11.1 Å². The van der Waals surface area contributed by atoms with Gasteiger partial charge < -0.3 is 14.4 Å². The standard InChI is InChI=1S/C22H24FN3O2/c1-4-26(15-24)11-12-27-21-20-13-17(5-6-18(20)14-25-21)16-7-9-19(10-8-16)28-22(2,3)23/h4-10,13,15,24H,1,11-12,14H2,2-3H3. The summed E-state index contributed by atoms with van der Waals surface area (Å²) in [7, 11) is 0. The lowest BCUT2D eigenvalue weighted by molar-refractivity contribution is -0.0256. The normalized spacial score (nSPS) is 12.8. The number of alkyl halides is 1. The average Bonchev–Trinajstić information content (AvgIpc) is 3.07. The van der Waals surface area contributed by atoms with Gasteiger partial charge >= 0.3 is 0 Å². The molecule has 0 aliphatic carbocycles. The molecule has 1 heterocycles. The van der Waals surface area contributed by atoms with E-state index in [1.54, 1.807) is 23.2 Å². The molecule has 0 atom stereocenters. The van der Waals surface area contributed by atoms with Gasteiger partial charge in [0.05, 0.1) is 19.4 Å². The van der Waals surface area contributed by atoms with Gasteiger partial charge in [0.15, 0.2) is 0 Å². The number of hydrogen-bond acceptors (Lipinski definition) is 4. The molecule has 28 heavy (non-hydrogen) atoms. The van der Waals surface area contributed by atoms with Crippen LogP contribution in [-0.4, -0.2) is 36.1 Å². The van der Waals surface area contributed by atoms with Gasteiger partial charge in [-0.25, -0.2) is 4.99 Å². The Morgan fingerprint density at radius 3 is 2.57 bits per heavy atom. The van der Waals surface area contributed by atoms with Crippen LogP contribution in [0.1, 0.15) is 25.0 Å². The van der Waals surface area contributed by atoms with Crippen molar-refractivity contribution in [2.24, 2.45) is 4.99 Å². The molecule has 0 radical (unpaired) electrons. The topological polar surface area (TPSA) is 57.9 Å². The van der Waals surface area contributed by atoms with Crippen LogP contribution in [-0.2, 0) is 11.3 Å². The number of fused-ring (bicyclic) bond motifs is 1. The Bertz CT molecular complexity index is 878. The molecule has 0 aromatic heterocycles. The molecule has 0 fully saturated rings. The minimum Gasteiger partial charge on any atom is -0.476 e. The van der Waals surface area contributed by atoms with Gasteiger partial charge in [-0.15, -0.1) is 0 Å². The third-order valence-electron chi connectivity index (χ3n) is 4.27. The van der Waals surface area contributed by atoms with Crippen LogP contribution in [0.2, 0.25) is 0 Å². The molecule has 146 valence electrons. The Balaban J connectivity index is 1.72. The molecule has 2 aromatic rings. The first-order valence-corrected chi connectivity index (χ1v) is 9.07. The molecule has 0 spiro atoms. The highest BCUT2D eigenvalue weighted by atomic mass is 19.2. The lowest BCUT2D eigenvalue weighted by atomic mass is 10.00. The van der Waals surface area contributed by atoms with E-state index in [1.165, 1.54) is 20.2 Å². The Labute approximate surface area is 164 Å². The monoisotopic (exact) mass is 381 g/mol. The first kappa shape index (κ1) is 19.6. The van der Waals surface area contributed by atoms with Crippen molar-refractivity contribution < 1.29 is 13.9 Å². The van der Waals surface area contributed by atoms with E-state index in [9.17, 15) is 4.39 Å². The number of nitrogens with zero attached hydrogens (tertiary/aromatic N) is 2. The molecule has 1 aliphatic heterocycles. The fourth-order valence-corrected chi connectivity index (χ4v) is 2.91. The van der Waals surface area contributed by atoms with Gasteiger partial charge in [-0.05, 0) is 41.1 Å². The maximum Gasteiger partial charge on any atom is 0.242 e. The number of benzene rings is 2. The molecule has 0 amide bonds. The van der Waals surface area contributed by atoms with Gasteiger partial charge in [-0.1, -0.05) is 30.8 Å². The zero-order chi connectivity index (χ0) is 20.1. The fraction of sp³-hybridized carbons (Fsp3) is 0.273. The quantitative estimate of drug-likeness (QED) is 0.529. The Hall–Kier alpha value is -3.15. The molecule has 1 N–H and O–H groups in total. The van der Waals surface area contributed by atoms with Gasteiger partial charge in [0, 0.05) is 19.4 Å². The summed E-state index contributed by atoms with van der Waals surface area (Å²) in [6, 6.07) is 13.5. The van der Waals surface area contributed by atoms with Crippen LogP contribution < -0.4 is 4.74 Å². The van der Waals surface area contributed by atoms with E-state index in [-0.39, 0.29) is 0 Å². The van der Waals surface area contributed by atoms with Crippen molar-refractivity contribution in [3.63, 3.8) is 0 Å². The van der Waals surface area contributed by atoms with Crippen molar-refractivity contribution >= 4 is 12.2 Å². The van der Waals surface area contributed by atoms with Crippen LogP contribution >= 0.6 is 0 Å². The molecule has 2 aromatic carbocycles. The Kier molecular flexibility index (Phi) is 5.78. The second kappa shape index (κ2) is 8.25. The first-order chi connectivity index (χ1) is 13.4. The minimum absolute atomic E-state index is 0.412. The second-order valence-corrected chi connectivity index (χ2v) is 6.88. The summed E-state index contributed by atoms with van der Waals surface area (Å²) in [6.07, 6.45) is 2.78. The molecule has 6 heteroatoms. The molecule has 0 bridgehead atoms. The van der Waals surface area contributed by atoms with Crippen molar-refractivity contribution in [1.82, 2.24) is 4.90 Å². The van der Waals surface area contributed by atoms with Gasteiger partial charge in [-0.2, -0.15) is 4.39 Å². The molecule has 5 nitrogen and oxygen atoms in total. The van der Waals surface area contributed by atoms with Crippen molar-refractivity contribution in [2.45, 2.75) is 26.2 Å². The van der Waals surface area contributed by atoms with E-state index in [0.29, 0.717) is 31.3 Å². The van der Waals surface area contributed by atoms with Gasteiger partial charge in [-0.3, -0.25) is 5.41 Å². The number of nitrogens with one attached hydrogen (secondary N) is 1. The highest BCUT2D eigenvalue weighted by Crippen LogP contribution is 2.29. The van der Waals surface area contributed by atoms with E-state index in [2.05, 4.69) is 17.6 Å². The molecular weight excluding hydrogens is 357 g/mol. The maximum absolute atomic E-state index is 13.6. The smallest absolute Gasteiger partial charge is 0.242 e. The third kappa shape index (κ3) is 4.76. The summed E-state index contributed by atoms with van der Waals surface area (Å²) < 4.78 is 24.7. The Morgan fingerprint density at radius 1 is 1.21 bits per heavy atom. The molecule has 0 unspecified atom stereocenters. The van der Waals surface area contributed by atoms with Crippen LogP contribution in [0.4, 0.5) is 4.39 Å². The summed E-state index contributed by atoms with van der Waals surface area (Å²) in [5.41, 5.74) is 4.11. The largest absolute Gasteiger partial charge is 0.476 e. The molecule has 0 saturated heterocycles. The number of ether oxygens (including phenoxy) is 2. The number of halogens is 1. The molecular formula is C22H24FN3O2. The predicted molar refractivity (Wildman–Crippen MR) is 110 cm³/mol. The van der Waals surface area contributed by atoms with Gasteiger partial charge in [0.1, 0.15) is 12.4 Å². The van der Waals surface area contributed by atoms with Gasteiger partial charge in [0.2, 0.25) is 11.8 Å². The van der Waals surface area contributed by atoms with Crippen LogP contribution in [0.15, 0.2) is 60.2 Å². The van der Waals surface area contributed by atoms with Crippen molar-refractivity contribution in [1.29, 1.82) is 5.41 Å². The Morgan fingerprint density at radius 2 is 1.93 bits per heavy atom.